The Bertz CT molecular complexity index is 2570. The molecule has 121 heavy (non-hydrogen) atoms. The maximum Gasteiger partial charge on any atom is 0.142 e. The summed E-state index contributed by atoms with van der Waals surface area (Å²) in [5, 5.41) is 0. The molecule has 0 saturated heterocycles. The second kappa shape index (κ2) is 174. The van der Waals surface area contributed by atoms with E-state index in [9.17, 15) is 57.5 Å². The minimum atomic E-state index is 0.545. The highest BCUT2D eigenvalue weighted by atomic mass is 16.1. The summed E-state index contributed by atoms with van der Waals surface area (Å²) in [6.45, 7) is 26.0. The van der Waals surface area contributed by atoms with Gasteiger partial charge >= 0.3 is 0 Å². The zero-order valence-corrected chi connectivity index (χ0v) is 79.3. The van der Waals surface area contributed by atoms with Gasteiger partial charge in [-0.15, -0.1) is 0 Å². The quantitative estimate of drug-likeness (QED) is 0.0183. The molecule has 0 atom stereocenters. The van der Waals surface area contributed by atoms with E-state index in [4.69, 9.17) is 0 Å². The van der Waals surface area contributed by atoms with Gasteiger partial charge in [-0.3, -0.25) is 38.4 Å². The molecule has 12 nitrogen and oxygen atoms in total. The second-order valence-electron chi connectivity index (χ2n) is 27.1. The first kappa shape index (κ1) is 138. The van der Waals surface area contributed by atoms with Gasteiger partial charge in [-0.25, -0.2) is 0 Å². The molecule has 12 heteroatoms. The lowest BCUT2D eigenvalue weighted by molar-refractivity contribution is -0.108. The molecule has 0 aliphatic heterocycles. The fraction of sp³-hybridized carbons (Fsp3) is 0.560. The van der Waals surface area contributed by atoms with Crippen LogP contribution in [0, 0.1) is 0 Å². The molecule has 0 N–H and O–H groups in total. The van der Waals surface area contributed by atoms with Crippen LogP contribution in [0.2, 0.25) is 0 Å². The van der Waals surface area contributed by atoms with Crippen LogP contribution in [0.5, 0.6) is 0 Å². The molecular weight excluding hydrogens is 1500 g/mol. The lowest BCUT2D eigenvalue weighted by Gasteiger charge is -1.92. The van der Waals surface area contributed by atoms with Gasteiger partial charge in [-0.2, -0.15) is 0 Å². The smallest absolute Gasteiger partial charge is 0.142 e. The van der Waals surface area contributed by atoms with Crippen molar-refractivity contribution in [2.75, 3.05) is 0 Å². The molecule has 0 bridgehead atoms. The molecule has 0 spiro atoms. The van der Waals surface area contributed by atoms with Crippen molar-refractivity contribution >= 4 is 75.4 Å². The molecule has 0 amide bonds. The van der Waals surface area contributed by atoms with Gasteiger partial charge in [0.15, 0.2) is 0 Å². The maximum atomic E-state index is 9.94. The minimum absolute atomic E-state index is 0.545. The Hall–Kier alpha value is -8.64. The van der Waals surface area contributed by atoms with E-state index in [0.717, 1.165) is 185 Å². The first-order valence-electron chi connectivity index (χ1n) is 46.6. The Morgan fingerprint density at radius 3 is 0.620 bits per heavy atom. The first-order chi connectivity index (χ1) is 59.5. The van der Waals surface area contributed by atoms with Gasteiger partial charge < -0.3 is 19.2 Å². The van der Waals surface area contributed by atoms with E-state index >= 15 is 0 Å². The molecule has 0 aromatic carbocycles. The summed E-state index contributed by atoms with van der Waals surface area (Å²) in [6.07, 6.45) is 134. The molecule has 0 aliphatic rings. The second-order valence-corrected chi connectivity index (χ2v) is 27.1. The van der Waals surface area contributed by atoms with Gasteiger partial charge in [0.1, 0.15) is 75.4 Å². The molecule has 0 radical (unpaired) electrons. The van der Waals surface area contributed by atoms with Gasteiger partial charge in [0.25, 0.3) is 0 Å². The van der Waals surface area contributed by atoms with E-state index in [0.29, 0.717) is 12.8 Å². The third kappa shape index (κ3) is 228. The SMILES string of the molecule is CCC=CCC=CC=CC=O.CCCCC=CC=CC=O.CCCCC=CC=O.CCCCC=CCCC=O.CCCCC=O.CCCCCC=CC=CC=O.CCCCCC=CC=O.CCCCCC=CCC=CC=CC=O.CCCCCC=CCC=CC=O.CCCCCC=CCC=CCC=O.CCCCCC=O.CCCCCCC=CC=O. The third-order valence-electron chi connectivity index (χ3n) is 15.5. The van der Waals surface area contributed by atoms with Crippen LogP contribution in [0.1, 0.15) is 398 Å². The predicted molar refractivity (Wildman–Crippen MR) is 532 cm³/mol. The molecule has 0 aromatic heterocycles. The molecular formula is C109H182O12. The third-order valence-corrected chi connectivity index (χ3v) is 15.5. The highest BCUT2D eigenvalue weighted by molar-refractivity contribution is 5.67. The summed E-state index contributed by atoms with van der Waals surface area (Å²) >= 11 is 0. The number of carbonyl (C=O) groups is 12. The zero-order valence-electron chi connectivity index (χ0n) is 79.3. The van der Waals surface area contributed by atoms with Crippen LogP contribution in [0.4, 0.5) is 0 Å². The lowest BCUT2D eigenvalue weighted by atomic mass is 10.1. The van der Waals surface area contributed by atoms with Crippen molar-refractivity contribution in [3.63, 3.8) is 0 Å². The van der Waals surface area contributed by atoms with Gasteiger partial charge in [-0.05, 0) is 196 Å². The number of carbonyl (C=O) groups excluding carboxylic acids is 12. The predicted octanol–water partition coefficient (Wildman–Crippen LogP) is 31.6. The van der Waals surface area contributed by atoms with E-state index in [1.54, 1.807) is 42.5 Å². The Morgan fingerprint density at radius 2 is 0.322 bits per heavy atom. The minimum Gasteiger partial charge on any atom is -0.303 e. The molecule has 0 rings (SSSR count). The van der Waals surface area contributed by atoms with E-state index in [2.05, 4.69) is 156 Å². The summed E-state index contributed by atoms with van der Waals surface area (Å²) in [5.74, 6) is 0. The number of allylic oxidation sites excluding steroid dienone is 36. The highest BCUT2D eigenvalue weighted by Crippen LogP contribution is 2.06. The van der Waals surface area contributed by atoms with E-state index in [-0.39, 0.29) is 0 Å². The normalized spacial score (nSPS) is 10.9. The molecule has 690 valence electrons. The molecule has 0 heterocycles. The van der Waals surface area contributed by atoms with Crippen molar-refractivity contribution in [1.29, 1.82) is 0 Å². The van der Waals surface area contributed by atoms with Crippen molar-refractivity contribution in [2.24, 2.45) is 0 Å². The van der Waals surface area contributed by atoms with Gasteiger partial charge in [0.05, 0.1) is 0 Å². The van der Waals surface area contributed by atoms with Crippen molar-refractivity contribution in [3.05, 3.63) is 219 Å². The van der Waals surface area contributed by atoms with Crippen LogP contribution in [0.3, 0.4) is 0 Å². The zero-order chi connectivity index (χ0) is 92.6. The summed E-state index contributed by atoms with van der Waals surface area (Å²) in [5.41, 5.74) is 0. The number of hydrogen-bond donors (Lipinski definition) is 0. The van der Waals surface area contributed by atoms with Crippen molar-refractivity contribution < 1.29 is 57.5 Å². The van der Waals surface area contributed by atoms with Crippen LogP contribution >= 0.6 is 0 Å². The van der Waals surface area contributed by atoms with Crippen molar-refractivity contribution in [2.45, 2.75) is 398 Å². The average Bonchev–Trinajstić information content (AvgIpc) is 1.88. The Kier molecular flexibility index (Phi) is 199. The largest absolute Gasteiger partial charge is 0.303 e. The fourth-order valence-corrected chi connectivity index (χ4v) is 8.54. The van der Waals surface area contributed by atoms with Gasteiger partial charge in [-0.1, -0.05) is 394 Å². The summed E-state index contributed by atoms with van der Waals surface area (Å²) < 4.78 is 0. The van der Waals surface area contributed by atoms with Crippen molar-refractivity contribution in [3.8, 4) is 0 Å². The van der Waals surface area contributed by atoms with Crippen LogP contribution < -0.4 is 0 Å². The maximum absolute atomic E-state index is 9.94. The molecule has 0 unspecified atom stereocenters. The van der Waals surface area contributed by atoms with Crippen molar-refractivity contribution in [1.82, 2.24) is 0 Å². The number of unbranched alkanes of at least 4 members (excludes halogenated alkanes) is 31. The average molecular weight is 1680 g/mol. The molecule has 0 fully saturated rings. The topological polar surface area (TPSA) is 205 Å². The standard InChI is InChI=1S/C13H20O.C12H20O.C11H18O.C10H16O.C10H14O.2C9H16O.C9H14O.C8H14O.C7H12O.C6H12O.C5H10O/c1-2-3-4-5-6-7-8-9-10-11-12-13-14;1-2-3-4-5-6-7-8-9-10-11-12-13;1-2-3-4-5-6-7-8-9-10-11-12;2*1-2-3-4-5-6-7-8-9-10-11;3*1-2-3-4-5-6-7-8-9-10;1-2-3-4-5-6-7-8-9;1-2-3-4-5-6-7-8;1-2-3-4-5-6-7;1-2-3-4-5-6/h6-7,9-13H,2-5,8H2,1H3;6-7,9-10,12H,2-5,8,11H2,1H3;6-7,9-11H,2-5,8H2,1H3;6-10H,2-5H2,1H3;3-4,6-10H,2,5H2,1H3;7-9H,2-6H2,1H3;5-6,9H,2-4,7-8H2,1H3;5-9H,2-4H2,1H3;6-8H,2-5H2,1H3;5-7H,2-4H2,1H3;6H,2-5H2,1H3;5H,2-4H2,1H3. The van der Waals surface area contributed by atoms with E-state index in [1.807, 2.05) is 72.9 Å². The summed E-state index contributed by atoms with van der Waals surface area (Å²) in [6, 6.07) is 0. The fourth-order valence-electron chi connectivity index (χ4n) is 8.54. The van der Waals surface area contributed by atoms with Crippen LogP contribution in [0.25, 0.3) is 0 Å². The van der Waals surface area contributed by atoms with Crippen LogP contribution in [-0.4, -0.2) is 75.4 Å². The van der Waals surface area contributed by atoms with E-state index < -0.39 is 0 Å². The van der Waals surface area contributed by atoms with E-state index in [1.165, 1.54) is 223 Å². The summed E-state index contributed by atoms with van der Waals surface area (Å²) in [4.78, 5) is 117. The van der Waals surface area contributed by atoms with Gasteiger partial charge in [0, 0.05) is 25.7 Å². The van der Waals surface area contributed by atoms with Crippen LogP contribution in [-0.2, 0) is 57.5 Å². The van der Waals surface area contributed by atoms with Gasteiger partial charge in [0.2, 0.25) is 0 Å². The lowest BCUT2D eigenvalue weighted by Crippen LogP contribution is -1.73. The molecule has 0 aliphatic carbocycles. The Balaban J connectivity index is -0.000000108. The number of rotatable bonds is 67. The Morgan fingerprint density at radius 1 is 0.124 bits per heavy atom. The number of aldehydes is 12. The highest BCUT2D eigenvalue weighted by Gasteiger charge is 1.88. The molecule has 0 aromatic rings. The van der Waals surface area contributed by atoms with Crippen LogP contribution in [0.15, 0.2) is 219 Å². The first-order valence-corrected chi connectivity index (χ1v) is 46.6. The molecule has 0 saturated carbocycles. The number of hydrogen-bond acceptors (Lipinski definition) is 12. The Labute approximate surface area is 745 Å². The summed E-state index contributed by atoms with van der Waals surface area (Å²) in [7, 11) is 0. The monoisotopic (exact) mass is 1680 g/mol.